The lowest BCUT2D eigenvalue weighted by molar-refractivity contribution is 1.71. The van der Waals surface area contributed by atoms with Crippen molar-refractivity contribution in [2.75, 3.05) is 22.9 Å². The van der Waals surface area contributed by atoms with Crippen LogP contribution in [-0.4, -0.2) is 0 Å². The second kappa shape index (κ2) is 6.38. The monoisotopic (exact) mass is 316 g/mol. The standard InChI is InChI=1S/2C10H10N2/c2*11-9-6-5-7-3-1-2-4-8(7)10(9)12/h2*1-6H,11-12H2. The molecule has 0 amide bonds. The summed E-state index contributed by atoms with van der Waals surface area (Å²) in [5.74, 6) is 0. The van der Waals surface area contributed by atoms with Crippen LogP contribution in [-0.2, 0) is 0 Å². The zero-order valence-electron chi connectivity index (χ0n) is 13.2. The maximum absolute atomic E-state index is 5.79. The van der Waals surface area contributed by atoms with Crippen LogP contribution in [0.15, 0.2) is 72.8 Å². The first-order chi connectivity index (χ1) is 11.6. The fourth-order valence-electron chi connectivity index (χ4n) is 2.62. The molecular weight excluding hydrogens is 296 g/mol. The number of nitrogens with two attached hydrogens (primary N) is 4. The summed E-state index contributed by atoms with van der Waals surface area (Å²) in [6.07, 6.45) is 0. The molecule has 4 rings (SSSR count). The smallest absolute Gasteiger partial charge is 0.0627 e. The van der Waals surface area contributed by atoms with E-state index in [1.54, 1.807) is 0 Å². The summed E-state index contributed by atoms with van der Waals surface area (Å²) >= 11 is 0. The number of anilines is 4. The highest BCUT2D eigenvalue weighted by Gasteiger charge is 1.99. The van der Waals surface area contributed by atoms with Crippen molar-refractivity contribution >= 4 is 44.3 Å². The molecule has 0 spiro atoms. The molecule has 4 aromatic carbocycles. The van der Waals surface area contributed by atoms with Gasteiger partial charge in [-0.3, -0.25) is 0 Å². The Balaban J connectivity index is 0.000000141. The number of nitrogen functional groups attached to an aromatic ring is 4. The first-order valence-electron chi connectivity index (χ1n) is 7.63. The van der Waals surface area contributed by atoms with E-state index in [9.17, 15) is 0 Å². The summed E-state index contributed by atoms with van der Waals surface area (Å²) in [4.78, 5) is 0. The van der Waals surface area contributed by atoms with Gasteiger partial charge in [-0.15, -0.1) is 0 Å². The third kappa shape index (κ3) is 2.90. The molecular formula is C20H20N4. The summed E-state index contributed by atoms with van der Waals surface area (Å²) in [5.41, 5.74) is 25.6. The molecule has 8 N–H and O–H groups in total. The first kappa shape index (κ1) is 15.5. The van der Waals surface area contributed by atoms with E-state index in [-0.39, 0.29) is 0 Å². The lowest BCUT2D eigenvalue weighted by atomic mass is 10.1. The Labute approximate surface area is 140 Å². The summed E-state index contributed by atoms with van der Waals surface area (Å²) in [5, 5.41) is 4.31. The number of hydrogen-bond donors (Lipinski definition) is 4. The van der Waals surface area contributed by atoms with Crippen LogP contribution >= 0.6 is 0 Å². The molecule has 0 saturated heterocycles. The molecule has 4 nitrogen and oxygen atoms in total. The normalized spacial score (nSPS) is 10.3. The van der Waals surface area contributed by atoms with E-state index in [1.165, 1.54) is 0 Å². The average Bonchev–Trinajstić information content (AvgIpc) is 2.62. The van der Waals surface area contributed by atoms with Crippen LogP contribution in [0, 0.1) is 0 Å². The van der Waals surface area contributed by atoms with E-state index in [4.69, 9.17) is 22.9 Å². The maximum Gasteiger partial charge on any atom is 0.0627 e. The Hall–Kier alpha value is -3.40. The van der Waals surface area contributed by atoms with E-state index in [0.717, 1.165) is 21.5 Å². The van der Waals surface area contributed by atoms with E-state index in [2.05, 4.69) is 0 Å². The summed E-state index contributed by atoms with van der Waals surface area (Å²) in [6.45, 7) is 0. The van der Waals surface area contributed by atoms with E-state index in [1.807, 2.05) is 72.8 Å². The van der Waals surface area contributed by atoms with Gasteiger partial charge in [0, 0.05) is 10.8 Å². The molecule has 0 saturated carbocycles. The van der Waals surface area contributed by atoms with Gasteiger partial charge in [-0.25, -0.2) is 0 Å². The second-order valence-electron chi connectivity index (χ2n) is 5.58. The topological polar surface area (TPSA) is 104 Å². The van der Waals surface area contributed by atoms with Crippen molar-refractivity contribution in [2.45, 2.75) is 0 Å². The number of fused-ring (bicyclic) bond motifs is 2. The fourth-order valence-corrected chi connectivity index (χ4v) is 2.62. The van der Waals surface area contributed by atoms with Crippen LogP contribution < -0.4 is 22.9 Å². The molecule has 0 aliphatic carbocycles. The minimum absolute atomic E-state index is 0.647. The molecule has 4 heteroatoms. The Morgan fingerprint density at radius 3 is 1.21 bits per heavy atom. The van der Waals surface area contributed by atoms with Crippen molar-refractivity contribution < 1.29 is 0 Å². The average molecular weight is 316 g/mol. The summed E-state index contributed by atoms with van der Waals surface area (Å²) in [7, 11) is 0. The van der Waals surface area contributed by atoms with Crippen molar-refractivity contribution in [3.05, 3.63) is 72.8 Å². The predicted octanol–water partition coefficient (Wildman–Crippen LogP) is 4.01. The first-order valence-corrected chi connectivity index (χ1v) is 7.63. The van der Waals surface area contributed by atoms with Crippen molar-refractivity contribution in [3.63, 3.8) is 0 Å². The molecule has 0 aromatic heterocycles. The van der Waals surface area contributed by atoms with E-state index < -0.39 is 0 Å². The third-order valence-corrected chi connectivity index (χ3v) is 4.01. The number of hydrogen-bond acceptors (Lipinski definition) is 4. The summed E-state index contributed by atoms with van der Waals surface area (Å²) in [6, 6.07) is 23.5. The van der Waals surface area contributed by atoms with Crippen molar-refractivity contribution in [1.29, 1.82) is 0 Å². The van der Waals surface area contributed by atoms with Gasteiger partial charge in [0.2, 0.25) is 0 Å². The quantitative estimate of drug-likeness (QED) is 0.368. The van der Waals surface area contributed by atoms with Gasteiger partial charge in [0.1, 0.15) is 0 Å². The van der Waals surface area contributed by atoms with Crippen molar-refractivity contribution in [1.82, 2.24) is 0 Å². The van der Waals surface area contributed by atoms with Gasteiger partial charge in [0.25, 0.3) is 0 Å². The second-order valence-corrected chi connectivity index (χ2v) is 5.58. The van der Waals surface area contributed by atoms with Crippen LogP contribution in [0.4, 0.5) is 22.7 Å². The SMILES string of the molecule is Nc1ccc2ccccc2c1N.Nc1ccc2ccccc2c1N. The van der Waals surface area contributed by atoms with E-state index >= 15 is 0 Å². The highest BCUT2D eigenvalue weighted by Crippen LogP contribution is 2.26. The van der Waals surface area contributed by atoms with Gasteiger partial charge in [-0.05, 0) is 22.9 Å². The summed E-state index contributed by atoms with van der Waals surface area (Å²) < 4.78 is 0. The molecule has 120 valence electrons. The van der Waals surface area contributed by atoms with Crippen LogP contribution in [0.2, 0.25) is 0 Å². The lowest BCUT2D eigenvalue weighted by Crippen LogP contribution is -1.94. The fraction of sp³-hybridized carbons (Fsp3) is 0. The molecule has 24 heavy (non-hydrogen) atoms. The van der Waals surface area contributed by atoms with E-state index in [0.29, 0.717) is 22.7 Å². The van der Waals surface area contributed by atoms with Gasteiger partial charge in [0.15, 0.2) is 0 Å². The van der Waals surface area contributed by atoms with Gasteiger partial charge in [-0.1, -0.05) is 60.7 Å². The predicted molar refractivity (Wildman–Crippen MR) is 106 cm³/mol. The Morgan fingerprint density at radius 1 is 0.417 bits per heavy atom. The largest absolute Gasteiger partial charge is 0.397 e. The highest BCUT2D eigenvalue weighted by molar-refractivity contribution is 5.98. The number of benzene rings is 4. The molecule has 0 unspecified atom stereocenters. The minimum Gasteiger partial charge on any atom is -0.397 e. The molecule has 0 heterocycles. The lowest BCUT2D eigenvalue weighted by Gasteiger charge is -2.03. The molecule has 0 fully saturated rings. The Bertz CT molecular complexity index is 925. The van der Waals surface area contributed by atoms with Crippen molar-refractivity contribution in [2.24, 2.45) is 0 Å². The molecule has 4 aromatic rings. The molecule has 0 atom stereocenters. The van der Waals surface area contributed by atoms with Gasteiger partial charge in [-0.2, -0.15) is 0 Å². The van der Waals surface area contributed by atoms with Crippen LogP contribution in [0.1, 0.15) is 0 Å². The molecule has 0 bridgehead atoms. The molecule has 0 radical (unpaired) electrons. The molecule has 0 aliphatic rings. The minimum atomic E-state index is 0.647. The maximum atomic E-state index is 5.79. The number of rotatable bonds is 0. The molecule has 0 aliphatic heterocycles. The van der Waals surface area contributed by atoms with Gasteiger partial charge in [0.05, 0.1) is 22.7 Å². The van der Waals surface area contributed by atoms with Crippen LogP contribution in [0.25, 0.3) is 21.5 Å². The van der Waals surface area contributed by atoms with Crippen LogP contribution in [0.5, 0.6) is 0 Å². The van der Waals surface area contributed by atoms with Gasteiger partial charge >= 0.3 is 0 Å². The van der Waals surface area contributed by atoms with Crippen molar-refractivity contribution in [3.8, 4) is 0 Å². The Kier molecular flexibility index (Phi) is 4.12. The van der Waals surface area contributed by atoms with Crippen LogP contribution in [0.3, 0.4) is 0 Å². The third-order valence-electron chi connectivity index (χ3n) is 4.01. The zero-order valence-corrected chi connectivity index (χ0v) is 13.2. The highest BCUT2D eigenvalue weighted by atomic mass is 14.7. The van der Waals surface area contributed by atoms with Gasteiger partial charge < -0.3 is 22.9 Å². The zero-order chi connectivity index (χ0) is 17.1. The Morgan fingerprint density at radius 2 is 0.792 bits per heavy atom.